The lowest BCUT2D eigenvalue weighted by molar-refractivity contribution is 0.0946. The van der Waals surface area contributed by atoms with Gasteiger partial charge in [-0.1, -0.05) is 6.07 Å². The van der Waals surface area contributed by atoms with Crippen LogP contribution in [0.3, 0.4) is 0 Å². The van der Waals surface area contributed by atoms with Gasteiger partial charge in [0, 0.05) is 22.8 Å². The number of hydrogen-bond donors (Lipinski definition) is 2. The number of benzene rings is 1. The zero-order valence-corrected chi connectivity index (χ0v) is 12.0. The van der Waals surface area contributed by atoms with Crippen LogP contribution in [0.4, 0.5) is 4.39 Å². The van der Waals surface area contributed by atoms with Crippen molar-refractivity contribution in [3.05, 3.63) is 63.6 Å². The van der Waals surface area contributed by atoms with E-state index in [1.807, 2.05) is 0 Å². The predicted octanol–water partition coefficient (Wildman–Crippen LogP) is 2.41. The van der Waals surface area contributed by atoms with Gasteiger partial charge in [-0.25, -0.2) is 9.37 Å². The highest BCUT2D eigenvalue weighted by Crippen LogP contribution is 2.11. The number of nitrogens with one attached hydrogen (secondary N) is 1. The van der Waals surface area contributed by atoms with Crippen LogP contribution in [0.5, 0.6) is 0 Å². The number of aliphatic hydroxyl groups excluding tert-OH is 1. The number of aromatic nitrogens is 1. The van der Waals surface area contributed by atoms with Crippen molar-refractivity contribution in [1.29, 1.82) is 0 Å². The number of carbonyl (C=O) groups excluding carboxylic acids is 1. The first-order valence-corrected chi connectivity index (χ1v) is 6.67. The second-order valence-electron chi connectivity index (χ2n) is 4.13. The summed E-state index contributed by atoms with van der Waals surface area (Å²) in [5.74, 6) is -0.774. The Balaban J connectivity index is 2.01. The van der Waals surface area contributed by atoms with E-state index in [1.165, 1.54) is 18.3 Å². The van der Waals surface area contributed by atoms with Crippen LogP contribution in [0, 0.1) is 5.82 Å². The Kier molecular flexibility index (Phi) is 4.81. The lowest BCUT2D eigenvalue weighted by atomic mass is 10.1. The molecule has 0 aliphatic carbocycles. The minimum atomic E-state index is -0.461. The molecule has 0 radical (unpaired) electrons. The second kappa shape index (κ2) is 6.58. The fourth-order valence-corrected chi connectivity index (χ4v) is 1.88. The SMILES string of the molecule is O=C(NCc1ccc(F)c(CO)c1)c1ccc(Br)cn1. The van der Waals surface area contributed by atoms with E-state index in [0.29, 0.717) is 11.3 Å². The average Bonchev–Trinajstić information content (AvgIpc) is 2.46. The number of amides is 1. The molecule has 1 aromatic heterocycles. The van der Waals surface area contributed by atoms with Crippen LogP contribution in [-0.2, 0) is 13.2 Å². The van der Waals surface area contributed by atoms with E-state index >= 15 is 0 Å². The maximum Gasteiger partial charge on any atom is 0.270 e. The van der Waals surface area contributed by atoms with Crippen LogP contribution in [-0.4, -0.2) is 16.0 Å². The fourth-order valence-electron chi connectivity index (χ4n) is 1.64. The highest BCUT2D eigenvalue weighted by Gasteiger charge is 2.07. The van der Waals surface area contributed by atoms with Gasteiger partial charge >= 0.3 is 0 Å². The summed E-state index contributed by atoms with van der Waals surface area (Å²) in [4.78, 5) is 15.8. The van der Waals surface area contributed by atoms with Crippen molar-refractivity contribution >= 4 is 21.8 Å². The summed E-state index contributed by atoms with van der Waals surface area (Å²) < 4.78 is 14.0. The lowest BCUT2D eigenvalue weighted by Crippen LogP contribution is -2.23. The predicted molar refractivity (Wildman–Crippen MR) is 75.4 cm³/mol. The fraction of sp³-hybridized carbons (Fsp3) is 0.143. The van der Waals surface area contributed by atoms with E-state index in [-0.39, 0.29) is 24.6 Å². The lowest BCUT2D eigenvalue weighted by Gasteiger charge is -2.07. The first-order chi connectivity index (χ1) is 9.60. The van der Waals surface area contributed by atoms with Crippen LogP contribution >= 0.6 is 15.9 Å². The molecule has 2 aromatic rings. The highest BCUT2D eigenvalue weighted by atomic mass is 79.9. The molecular formula is C14H12BrFN2O2. The molecule has 2 N–H and O–H groups in total. The normalized spacial score (nSPS) is 10.3. The van der Waals surface area contributed by atoms with Crippen LogP contribution in [0.25, 0.3) is 0 Å². The van der Waals surface area contributed by atoms with Crippen molar-refractivity contribution in [2.75, 3.05) is 0 Å². The zero-order chi connectivity index (χ0) is 14.5. The number of halogens is 2. The zero-order valence-electron chi connectivity index (χ0n) is 10.4. The van der Waals surface area contributed by atoms with Crippen molar-refractivity contribution in [2.24, 2.45) is 0 Å². The maximum absolute atomic E-state index is 13.2. The van der Waals surface area contributed by atoms with E-state index in [2.05, 4.69) is 26.2 Å². The number of nitrogens with zero attached hydrogens (tertiary/aromatic N) is 1. The minimum absolute atomic E-state index is 0.207. The smallest absolute Gasteiger partial charge is 0.270 e. The molecule has 0 aliphatic rings. The Morgan fingerprint density at radius 1 is 1.35 bits per heavy atom. The highest BCUT2D eigenvalue weighted by molar-refractivity contribution is 9.10. The molecule has 20 heavy (non-hydrogen) atoms. The van der Waals surface area contributed by atoms with E-state index < -0.39 is 5.82 Å². The number of carbonyl (C=O) groups is 1. The van der Waals surface area contributed by atoms with E-state index in [9.17, 15) is 9.18 Å². The number of rotatable bonds is 4. The van der Waals surface area contributed by atoms with Crippen molar-refractivity contribution in [2.45, 2.75) is 13.2 Å². The summed E-state index contributed by atoms with van der Waals surface area (Å²) in [7, 11) is 0. The molecule has 0 aliphatic heterocycles. The van der Waals surface area contributed by atoms with Crippen molar-refractivity contribution in [3.63, 3.8) is 0 Å². The van der Waals surface area contributed by atoms with E-state index in [1.54, 1.807) is 18.2 Å². The van der Waals surface area contributed by atoms with Gasteiger partial charge in [0.1, 0.15) is 11.5 Å². The van der Waals surface area contributed by atoms with E-state index in [0.717, 1.165) is 4.47 Å². The van der Waals surface area contributed by atoms with Gasteiger partial charge in [-0.2, -0.15) is 0 Å². The second-order valence-corrected chi connectivity index (χ2v) is 5.04. The molecule has 0 unspecified atom stereocenters. The van der Waals surface area contributed by atoms with Crippen LogP contribution < -0.4 is 5.32 Å². The summed E-state index contributed by atoms with van der Waals surface area (Å²) in [6, 6.07) is 7.67. The number of hydrogen-bond acceptors (Lipinski definition) is 3. The molecule has 0 spiro atoms. The maximum atomic E-state index is 13.2. The topological polar surface area (TPSA) is 62.2 Å². The number of pyridine rings is 1. The first-order valence-electron chi connectivity index (χ1n) is 5.88. The quantitative estimate of drug-likeness (QED) is 0.899. The standard InChI is InChI=1S/C14H12BrFN2O2/c15-11-2-4-13(17-7-11)14(20)18-6-9-1-3-12(16)10(5-9)8-19/h1-5,7,19H,6,8H2,(H,18,20). The third-order valence-electron chi connectivity index (χ3n) is 2.69. The van der Waals surface area contributed by atoms with Crippen molar-refractivity contribution < 1.29 is 14.3 Å². The Labute approximate surface area is 123 Å². The monoisotopic (exact) mass is 338 g/mol. The van der Waals surface area contributed by atoms with Gasteiger partial charge in [-0.15, -0.1) is 0 Å². The third-order valence-corrected chi connectivity index (χ3v) is 3.16. The van der Waals surface area contributed by atoms with Gasteiger partial charge in [0.15, 0.2) is 0 Å². The van der Waals surface area contributed by atoms with Gasteiger partial charge in [0.05, 0.1) is 6.61 Å². The minimum Gasteiger partial charge on any atom is -0.392 e. The molecule has 104 valence electrons. The average molecular weight is 339 g/mol. The summed E-state index contributed by atoms with van der Waals surface area (Å²) in [5.41, 5.74) is 1.22. The summed E-state index contributed by atoms with van der Waals surface area (Å²) in [6.45, 7) is -0.133. The molecule has 0 bridgehead atoms. The van der Waals surface area contributed by atoms with Gasteiger partial charge in [0.25, 0.3) is 5.91 Å². The van der Waals surface area contributed by atoms with Gasteiger partial charge in [0.2, 0.25) is 0 Å². The molecule has 1 heterocycles. The third kappa shape index (κ3) is 3.61. The molecule has 0 saturated heterocycles. The summed E-state index contributed by atoms with van der Waals surface area (Å²) in [5, 5.41) is 11.7. The van der Waals surface area contributed by atoms with Crippen LogP contribution in [0.2, 0.25) is 0 Å². The van der Waals surface area contributed by atoms with Gasteiger partial charge in [-0.05, 0) is 45.8 Å². The molecule has 2 rings (SSSR count). The molecule has 1 aromatic carbocycles. The molecule has 0 saturated carbocycles. The van der Waals surface area contributed by atoms with Crippen LogP contribution in [0.15, 0.2) is 41.0 Å². The van der Waals surface area contributed by atoms with Crippen molar-refractivity contribution in [1.82, 2.24) is 10.3 Å². The molecule has 0 fully saturated rings. The Hall–Kier alpha value is -1.79. The molecular weight excluding hydrogens is 327 g/mol. The van der Waals surface area contributed by atoms with E-state index in [4.69, 9.17) is 5.11 Å². The number of aliphatic hydroxyl groups is 1. The van der Waals surface area contributed by atoms with Crippen LogP contribution in [0.1, 0.15) is 21.6 Å². The first kappa shape index (κ1) is 14.6. The summed E-state index contributed by atoms with van der Waals surface area (Å²) >= 11 is 3.24. The summed E-state index contributed by atoms with van der Waals surface area (Å²) in [6.07, 6.45) is 1.54. The Morgan fingerprint density at radius 2 is 2.15 bits per heavy atom. The van der Waals surface area contributed by atoms with Gasteiger partial charge in [-0.3, -0.25) is 4.79 Å². The Morgan fingerprint density at radius 3 is 2.80 bits per heavy atom. The molecule has 6 heteroatoms. The van der Waals surface area contributed by atoms with Crippen molar-refractivity contribution in [3.8, 4) is 0 Å². The molecule has 0 atom stereocenters. The Bertz CT molecular complexity index is 617. The molecule has 1 amide bonds. The van der Waals surface area contributed by atoms with Gasteiger partial charge < -0.3 is 10.4 Å². The molecule has 4 nitrogen and oxygen atoms in total. The largest absolute Gasteiger partial charge is 0.392 e.